The van der Waals surface area contributed by atoms with Crippen LogP contribution in [0.5, 0.6) is 0 Å². The van der Waals surface area contributed by atoms with Crippen molar-refractivity contribution in [2.75, 3.05) is 13.1 Å². The van der Waals surface area contributed by atoms with Gasteiger partial charge in [-0.1, -0.05) is 24.9 Å². The Morgan fingerprint density at radius 1 is 1.37 bits per heavy atom. The van der Waals surface area contributed by atoms with Gasteiger partial charge in [-0.05, 0) is 38.1 Å². The highest BCUT2D eigenvalue weighted by atomic mass is 35.5. The number of rotatable bonds is 3. The number of piperidine rings is 1. The Bertz CT molecular complexity index is 566. The minimum absolute atomic E-state index is 0.588. The summed E-state index contributed by atoms with van der Waals surface area (Å²) < 4.78 is 2.02. The second kappa shape index (κ2) is 5.47. The van der Waals surface area contributed by atoms with Gasteiger partial charge >= 0.3 is 0 Å². The molecule has 1 aliphatic rings. The van der Waals surface area contributed by atoms with Crippen LogP contribution in [0.2, 0.25) is 5.02 Å². The maximum atomic E-state index is 6.14. The van der Waals surface area contributed by atoms with Crippen molar-refractivity contribution in [1.29, 1.82) is 0 Å². The number of halogens is 1. The van der Waals surface area contributed by atoms with Crippen LogP contribution in [-0.2, 0) is 6.42 Å². The number of fused-ring (bicyclic) bond motifs is 1. The van der Waals surface area contributed by atoms with E-state index in [9.17, 15) is 0 Å². The third-order valence-corrected chi connectivity index (χ3v) is 4.33. The standard InChI is InChI=1S/C14H19ClN4/c1-2-18-8-4-3-6-11(18)10-13-16-17-14-12(15)7-5-9-19(13)14/h5,7,9,11H,2-4,6,8,10H2,1H3. The Morgan fingerprint density at radius 2 is 2.26 bits per heavy atom. The number of nitrogens with zero attached hydrogens (tertiary/aromatic N) is 4. The van der Waals surface area contributed by atoms with E-state index in [0.29, 0.717) is 11.1 Å². The number of likely N-dealkylation sites (N-methyl/N-ethyl adjacent to an activating group) is 1. The molecule has 3 rings (SSSR count). The van der Waals surface area contributed by atoms with Crippen molar-refractivity contribution in [3.8, 4) is 0 Å². The fraction of sp³-hybridized carbons (Fsp3) is 0.571. The summed E-state index contributed by atoms with van der Waals surface area (Å²) in [7, 11) is 0. The van der Waals surface area contributed by atoms with Crippen LogP contribution in [0.25, 0.3) is 5.65 Å². The quantitative estimate of drug-likeness (QED) is 0.866. The van der Waals surface area contributed by atoms with E-state index in [1.807, 2.05) is 22.7 Å². The van der Waals surface area contributed by atoms with E-state index in [1.54, 1.807) is 0 Å². The lowest BCUT2D eigenvalue weighted by Crippen LogP contribution is -2.40. The van der Waals surface area contributed by atoms with Crippen molar-refractivity contribution < 1.29 is 0 Å². The summed E-state index contributed by atoms with van der Waals surface area (Å²) in [5, 5.41) is 9.18. The molecule has 0 spiro atoms. The summed E-state index contributed by atoms with van der Waals surface area (Å²) >= 11 is 6.14. The third kappa shape index (κ3) is 2.47. The lowest BCUT2D eigenvalue weighted by atomic mass is 9.99. The lowest BCUT2D eigenvalue weighted by Gasteiger charge is -2.34. The first kappa shape index (κ1) is 12.9. The van der Waals surface area contributed by atoms with Crippen molar-refractivity contribution in [3.05, 3.63) is 29.2 Å². The SMILES string of the molecule is CCN1CCCCC1Cc1nnc2c(Cl)cccn12. The highest BCUT2D eigenvalue weighted by Gasteiger charge is 2.23. The van der Waals surface area contributed by atoms with Crippen LogP contribution in [-0.4, -0.2) is 38.6 Å². The molecule has 0 N–H and O–H groups in total. The molecule has 0 saturated carbocycles. The zero-order valence-electron chi connectivity index (χ0n) is 11.2. The summed E-state index contributed by atoms with van der Waals surface area (Å²) in [4.78, 5) is 2.55. The zero-order chi connectivity index (χ0) is 13.2. The summed E-state index contributed by atoms with van der Waals surface area (Å²) in [6.45, 7) is 4.55. The molecule has 19 heavy (non-hydrogen) atoms. The van der Waals surface area contributed by atoms with E-state index in [4.69, 9.17) is 11.6 Å². The Balaban J connectivity index is 1.86. The van der Waals surface area contributed by atoms with E-state index in [2.05, 4.69) is 22.0 Å². The van der Waals surface area contributed by atoms with Gasteiger partial charge < -0.3 is 4.90 Å². The topological polar surface area (TPSA) is 33.4 Å². The van der Waals surface area contributed by atoms with Crippen LogP contribution >= 0.6 is 11.6 Å². The lowest BCUT2D eigenvalue weighted by molar-refractivity contribution is 0.153. The van der Waals surface area contributed by atoms with Gasteiger partial charge in [0.15, 0.2) is 5.65 Å². The molecule has 1 fully saturated rings. The van der Waals surface area contributed by atoms with Gasteiger partial charge in [0.2, 0.25) is 0 Å². The maximum absolute atomic E-state index is 6.14. The molecule has 0 bridgehead atoms. The summed E-state index contributed by atoms with van der Waals surface area (Å²) in [6, 6.07) is 4.39. The summed E-state index contributed by atoms with van der Waals surface area (Å²) in [5.41, 5.74) is 0.762. The van der Waals surface area contributed by atoms with Crippen LogP contribution in [0, 0.1) is 0 Å². The van der Waals surface area contributed by atoms with Gasteiger partial charge in [0.05, 0.1) is 5.02 Å². The smallest absolute Gasteiger partial charge is 0.179 e. The van der Waals surface area contributed by atoms with E-state index in [0.717, 1.165) is 24.4 Å². The molecule has 2 aromatic rings. The van der Waals surface area contributed by atoms with E-state index >= 15 is 0 Å². The van der Waals surface area contributed by atoms with Crippen LogP contribution in [0.3, 0.4) is 0 Å². The fourth-order valence-electron chi connectivity index (χ4n) is 2.99. The predicted molar refractivity (Wildman–Crippen MR) is 76.6 cm³/mol. The molecule has 0 amide bonds. The molecule has 102 valence electrons. The average Bonchev–Trinajstić information content (AvgIpc) is 2.84. The Kier molecular flexibility index (Phi) is 3.71. The second-order valence-electron chi connectivity index (χ2n) is 5.15. The number of likely N-dealkylation sites (tertiary alicyclic amines) is 1. The van der Waals surface area contributed by atoms with Crippen molar-refractivity contribution in [2.24, 2.45) is 0 Å². The molecule has 1 atom stereocenters. The average molecular weight is 279 g/mol. The molecule has 4 nitrogen and oxygen atoms in total. The fourth-order valence-corrected chi connectivity index (χ4v) is 3.19. The molecule has 0 aliphatic carbocycles. The molecule has 5 heteroatoms. The van der Waals surface area contributed by atoms with Gasteiger partial charge in [-0.25, -0.2) is 0 Å². The number of aromatic nitrogens is 3. The van der Waals surface area contributed by atoms with Crippen molar-refractivity contribution in [3.63, 3.8) is 0 Å². The molecule has 2 aromatic heterocycles. The molecule has 1 unspecified atom stereocenters. The highest BCUT2D eigenvalue weighted by molar-refractivity contribution is 6.33. The van der Waals surface area contributed by atoms with E-state index in [-0.39, 0.29) is 0 Å². The Morgan fingerprint density at radius 3 is 3.11 bits per heavy atom. The Labute approximate surface area is 118 Å². The highest BCUT2D eigenvalue weighted by Crippen LogP contribution is 2.21. The van der Waals surface area contributed by atoms with Crippen molar-refractivity contribution in [2.45, 2.75) is 38.6 Å². The minimum Gasteiger partial charge on any atom is -0.300 e. The van der Waals surface area contributed by atoms with E-state index < -0.39 is 0 Å². The van der Waals surface area contributed by atoms with Crippen LogP contribution in [0.15, 0.2) is 18.3 Å². The van der Waals surface area contributed by atoms with Gasteiger partial charge in [-0.3, -0.25) is 4.40 Å². The number of hydrogen-bond donors (Lipinski definition) is 0. The third-order valence-electron chi connectivity index (χ3n) is 4.03. The van der Waals surface area contributed by atoms with Gasteiger partial charge in [0.1, 0.15) is 5.82 Å². The second-order valence-corrected chi connectivity index (χ2v) is 5.56. The van der Waals surface area contributed by atoms with Gasteiger partial charge in [-0.2, -0.15) is 0 Å². The normalized spacial score (nSPS) is 21.1. The summed E-state index contributed by atoms with van der Waals surface area (Å²) in [5.74, 6) is 1.02. The number of pyridine rings is 1. The molecule has 0 radical (unpaired) electrons. The van der Waals surface area contributed by atoms with Gasteiger partial charge in [-0.15, -0.1) is 10.2 Å². The van der Waals surface area contributed by atoms with Crippen molar-refractivity contribution >= 4 is 17.2 Å². The van der Waals surface area contributed by atoms with Crippen LogP contribution < -0.4 is 0 Å². The van der Waals surface area contributed by atoms with Gasteiger partial charge in [0.25, 0.3) is 0 Å². The monoisotopic (exact) mass is 278 g/mol. The van der Waals surface area contributed by atoms with Crippen LogP contribution in [0.4, 0.5) is 0 Å². The zero-order valence-corrected chi connectivity index (χ0v) is 12.0. The molecule has 3 heterocycles. The number of hydrogen-bond acceptors (Lipinski definition) is 3. The first-order valence-electron chi connectivity index (χ1n) is 7.01. The first-order chi connectivity index (χ1) is 9.29. The molecular formula is C14H19ClN4. The van der Waals surface area contributed by atoms with Crippen LogP contribution in [0.1, 0.15) is 32.0 Å². The predicted octanol–water partition coefficient (Wildman–Crippen LogP) is 2.80. The summed E-state index contributed by atoms with van der Waals surface area (Å²) in [6.07, 6.45) is 6.84. The maximum Gasteiger partial charge on any atom is 0.179 e. The largest absolute Gasteiger partial charge is 0.300 e. The molecule has 1 saturated heterocycles. The minimum atomic E-state index is 0.588. The van der Waals surface area contributed by atoms with Gasteiger partial charge in [0, 0.05) is 18.7 Å². The first-order valence-corrected chi connectivity index (χ1v) is 7.39. The van der Waals surface area contributed by atoms with Crippen molar-refractivity contribution in [1.82, 2.24) is 19.5 Å². The molecule has 1 aliphatic heterocycles. The van der Waals surface area contributed by atoms with E-state index in [1.165, 1.54) is 25.8 Å². The molecule has 0 aromatic carbocycles. The Hall–Kier alpha value is -1.13. The molecular weight excluding hydrogens is 260 g/mol.